The second-order valence-corrected chi connectivity index (χ2v) is 20.7. The lowest BCUT2D eigenvalue weighted by Crippen LogP contribution is -2.57. The molecular weight excluding hydrogens is 336 g/mol. The van der Waals surface area contributed by atoms with Crippen LogP contribution in [0.2, 0.25) is 51.9 Å². The van der Waals surface area contributed by atoms with Crippen LogP contribution < -0.4 is 0 Å². The summed E-state index contributed by atoms with van der Waals surface area (Å²) < 4.78 is 18.1. The molecule has 9 heteroatoms. The molecule has 0 saturated heterocycles. The minimum absolute atomic E-state index is 0.781. The average Bonchev–Trinajstić information content (AvgIpc) is 2.08. The zero-order valence-electron chi connectivity index (χ0n) is 14.5. The van der Waals surface area contributed by atoms with Crippen LogP contribution in [0.1, 0.15) is 12.8 Å². The van der Waals surface area contributed by atoms with Crippen LogP contribution in [0.3, 0.4) is 0 Å². The summed E-state index contributed by atoms with van der Waals surface area (Å²) in [5.41, 5.74) is 0. The highest BCUT2D eigenvalue weighted by Crippen LogP contribution is 2.27. The van der Waals surface area contributed by atoms with E-state index in [1.165, 1.54) is 0 Å². The molecule has 21 heavy (non-hydrogen) atoms. The van der Waals surface area contributed by atoms with E-state index >= 15 is 0 Å². The van der Waals surface area contributed by atoms with Gasteiger partial charge < -0.3 is 21.9 Å². The fraction of sp³-hybridized carbons (Fsp3) is 0.833. The third-order valence-corrected chi connectivity index (χ3v) is 15.1. The minimum Gasteiger partial charge on any atom is -0.416 e. The van der Waals surface area contributed by atoms with Crippen LogP contribution in [0.25, 0.3) is 0 Å². The van der Waals surface area contributed by atoms with Gasteiger partial charge in [-0.3, -0.25) is 0 Å². The van der Waals surface area contributed by atoms with Crippen molar-refractivity contribution < 1.29 is 21.9 Å². The van der Waals surface area contributed by atoms with Crippen LogP contribution in [-0.4, -0.2) is 43.8 Å². The largest absolute Gasteiger partial charge is 0.416 e. The van der Waals surface area contributed by atoms with Crippen molar-refractivity contribution in [2.24, 2.45) is 0 Å². The van der Waals surface area contributed by atoms with Crippen molar-refractivity contribution >= 4 is 34.2 Å². The molecule has 0 heterocycles. The summed E-state index contributed by atoms with van der Waals surface area (Å²) >= 11 is 0. The molecule has 0 aliphatic rings. The normalized spacial score (nSPS) is 16.6. The van der Waals surface area contributed by atoms with Gasteiger partial charge in [0.15, 0.2) is 0 Å². The molecule has 0 radical (unpaired) electrons. The lowest BCUT2D eigenvalue weighted by atomic mass is 10.3. The summed E-state index contributed by atoms with van der Waals surface area (Å²) in [5, 5.41) is 0. The van der Waals surface area contributed by atoms with E-state index in [9.17, 15) is 9.59 Å². The average molecular weight is 369 g/mol. The molecule has 0 rings (SSSR count). The molecule has 5 nitrogen and oxygen atoms in total. The molecular formula is C12H32O5Si4. The van der Waals surface area contributed by atoms with E-state index in [0.717, 1.165) is 18.9 Å². The Kier molecular flexibility index (Phi) is 7.94. The van der Waals surface area contributed by atoms with Crippen molar-refractivity contribution in [1.82, 2.24) is 0 Å². The van der Waals surface area contributed by atoms with Crippen LogP contribution in [0.15, 0.2) is 12.7 Å². The van der Waals surface area contributed by atoms with E-state index < -0.39 is 34.2 Å². The van der Waals surface area contributed by atoms with Gasteiger partial charge in [0, 0.05) is 0 Å². The fourth-order valence-electron chi connectivity index (χ4n) is 2.36. The first-order valence-electron chi connectivity index (χ1n) is 7.34. The second-order valence-electron chi connectivity index (χ2n) is 6.91. The Hall–Kier alpha value is 0.408. The quantitative estimate of drug-likeness (QED) is 0.352. The van der Waals surface area contributed by atoms with E-state index in [2.05, 4.69) is 6.58 Å². The number of allylic oxidation sites excluding steroid dienone is 1. The van der Waals surface area contributed by atoms with Crippen LogP contribution in [0.4, 0.5) is 0 Å². The number of unbranched alkanes of at least 4 members (excludes halogenated alkanes) is 1. The Morgan fingerprint density at radius 2 is 1.33 bits per heavy atom. The first-order chi connectivity index (χ1) is 9.18. The van der Waals surface area contributed by atoms with Gasteiger partial charge in [0.05, 0.1) is 0 Å². The Balaban J connectivity index is 4.99. The van der Waals surface area contributed by atoms with Crippen LogP contribution in [0, 0.1) is 0 Å². The van der Waals surface area contributed by atoms with E-state index in [1.807, 2.05) is 25.7 Å². The van der Waals surface area contributed by atoms with E-state index in [4.69, 9.17) is 12.3 Å². The highest BCUT2D eigenvalue weighted by Gasteiger charge is 2.45. The fourth-order valence-corrected chi connectivity index (χ4v) is 18.3. The van der Waals surface area contributed by atoms with Gasteiger partial charge in [0.1, 0.15) is 0 Å². The maximum Gasteiger partial charge on any atom is 0.320 e. The summed E-state index contributed by atoms with van der Waals surface area (Å²) in [6.45, 7) is 16.5. The first kappa shape index (κ1) is 21.4. The lowest BCUT2D eigenvalue weighted by Gasteiger charge is -2.40. The highest BCUT2D eigenvalue weighted by atomic mass is 28.5. The van der Waals surface area contributed by atoms with E-state index in [-0.39, 0.29) is 0 Å². The second kappa shape index (κ2) is 7.79. The van der Waals surface area contributed by atoms with Gasteiger partial charge >= 0.3 is 34.2 Å². The zero-order chi connectivity index (χ0) is 16.9. The Morgan fingerprint density at radius 1 is 0.857 bits per heavy atom. The Morgan fingerprint density at radius 3 is 1.71 bits per heavy atom. The molecule has 0 fully saturated rings. The van der Waals surface area contributed by atoms with Crippen molar-refractivity contribution in [2.75, 3.05) is 0 Å². The molecule has 0 spiro atoms. The third-order valence-electron chi connectivity index (χ3n) is 2.46. The van der Waals surface area contributed by atoms with Gasteiger partial charge in [-0.05, 0) is 64.7 Å². The topological polar surface area (TPSA) is 68.2 Å². The maximum absolute atomic E-state index is 10.1. The molecule has 126 valence electrons. The molecule has 0 aliphatic carbocycles. The van der Waals surface area contributed by atoms with Crippen molar-refractivity contribution in [1.29, 1.82) is 0 Å². The zero-order valence-corrected chi connectivity index (χ0v) is 18.5. The van der Waals surface area contributed by atoms with Crippen molar-refractivity contribution in [3.63, 3.8) is 0 Å². The summed E-state index contributed by atoms with van der Waals surface area (Å²) in [6, 6.07) is 0.781. The molecule has 0 aliphatic heterocycles. The molecule has 0 bridgehead atoms. The van der Waals surface area contributed by atoms with E-state index in [1.54, 1.807) is 26.2 Å². The van der Waals surface area contributed by atoms with Crippen molar-refractivity contribution in [3.8, 4) is 0 Å². The molecule has 0 amide bonds. The molecule has 0 aromatic carbocycles. The maximum atomic E-state index is 10.1. The van der Waals surface area contributed by atoms with Crippen molar-refractivity contribution in [2.45, 2.75) is 64.7 Å². The molecule has 0 saturated carbocycles. The van der Waals surface area contributed by atoms with Gasteiger partial charge in [-0.1, -0.05) is 6.08 Å². The SMILES string of the molecule is C=CCCC[Si](C)(O[Si](C)(C)O)O[Si](C)(C)O[Si](C)(C)O. The standard InChI is InChI=1S/C12H32O5Si4/c1-9-10-11-12-21(8,16-19(4,5)14)17-20(6,7)15-18(2,3)13/h9,13-14H,1,10-12H2,2-8H3. The number of hydrogen-bond acceptors (Lipinski definition) is 5. The summed E-state index contributed by atoms with van der Waals surface area (Å²) in [7, 11) is -10.4. The third kappa shape index (κ3) is 11.6. The molecule has 1 unspecified atom stereocenters. The van der Waals surface area contributed by atoms with Crippen molar-refractivity contribution in [3.05, 3.63) is 12.7 Å². The summed E-state index contributed by atoms with van der Waals surface area (Å²) in [5.74, 6) is 0. The van der Waals surface area contributed by atoms with Gasteiger partial charge in [0.25, 0.3) is 0 Å². The van der Waals surface area contributed by atoms with Gasteiger partial charge in [0.2, 0.25) is 0 Å². The lowest BCUT2D eigenvalue weighted by molar-refractivity contribution is 0.272. The molecule has 2 N–H and O–H groups in total. The number of rotatable bonds is 10. The molecule has 0 aromatic heterocycles. The summed E-state index contributed by atoms with van der Waals surface area (Å²) in [4.78, 5) is 20.1. The Labute approximate surface area is 134 Å². The van der Waals surface area contributed by atoms with Gasteiger partial charge in [-0.2, -0.15) is 0 Å². The van der Waals surface area contributed by atoms with Gasteiger partial charge in [-0.25, -0.2) is 0 Å². The molecule has 1 atom stereocenters. The summed E-state index contributed by atoms with van der Waals surface area (Å²) in [6.07, 6.45) is 3.69. The van der Waals surface area contributed by atoms with E-state index in [0.29, 0.717) is 0 Å². The monoisotopic (exact) mass is 368 g/mol. The van der Waals surface area contributed by atoms with Crippen LogP contribution in [-0.2, 0) is 12.3 Å². The molecule has 0 aromatic rings. The first-order valence-corrected chi connectivity index (χ1v) is 18.4. The van der Waals surface area contributed by atoms with Crippen LogP contribution in [0.5, 0.6) is 0 Å². The Bertz CT molecular complexity index is 338. The smallest absolute Gasteiger partial charge is 0.320 e. The highest BCUT2D eigenvalue weighted by molar-refractivity contribution is 6.87. The minimum atomic E-state index is -2.68. The van der Waals surface area contributed by atoms with Gasteiger partial charge in [-0.15, -0.1) is 6.58 Å². The van der Waals surface area contributed by atoms with Crippen LogP contribution >= 0.6 is 0 Å². The predicted molar refractivity (Wildman–Crippen MR) is 96.0 cm³/mol. The number of hydrogen-bond donors (Lipinski definition) is 2. The predicted octanol–water partition coefficient (Wildman–Crippen LogP) is 3.16.